The largest absolute Gasteiger partial charge is 0.497 e. The number of carbonyl (C=O) groups is 2. The van der Waals surface area contributed by atoms with Crippen LogP contribution in [0.25, 0.3) is 0 Å². The van der Waals surface area contributed by atoms with E-state index in [0.717, 1.165) is 0 Å². The number of carbonyl (C=O) groups excluding carboxylic acids is 2. The van der Waals surface area contributed by atoms with Crippen LogP contribution in [0.5, 0.6) is 5.75 Å². The number of rotatable bonds is 5. The van der Waals surface area contributed by atoms with Crippen LogP contribution in [0.15, 0.2) is 53.9 Å². The SMILES string of the molecule is COc1cccc(NC2=C(C(N)=O)Cc3cccc(C)c3N2OC(=O)C(F)(F)F)c1. The maximum Gasteiger partial charge on any atom is 0.493 e. The maximum atomic E-state index is 12.9. The first-order valence-electron chi connectivity index (χ1n) is 8.73. The number of nitrogens with zero attached hydrogens (tertiary/aromatic N) is 1. The van der Waals surface area contributed by atoms with Crippen LogP contribution in [-0.2, 0) is 20.8 Å². The maximum absolute atomic E-state index is 12.9. The van der Waals surface area contributed by atoms with E-state index in [-0.39, 0.29) is 23.5 Å². The number of halogens is 3. The molecule has 158 valence electrons. The molecule has 2 aromatic carbocycles. The van der Waals surface area contributed by atoms with Crippen molar-refractivity contribution in [3.63, 3.8) is 0 Å². The molecule has 0 atom stereocenters. The summed E-state index contributed by atoms with van der Waals surface area (Å²) in [4.78, 5) is 28.5. The van der Waals surface area contributed by atoms with Crippen LogP contribution in [0.4, 0.5) is 24.5 Å². The Kier molecular flexibility index (Phi) is 5.59. The van der Waals surface area contributed by atoms with E-state index >= 15 is 0 Å². The van der Waals surface area contributed by atoms with Gasteiger partial charge in [0, 0.05) is 18.2 Å². The van der Waals surface area contributed by atoms with E-state index in [1.54, 1.807) is 49.4 Å². The van der Waals surface area contributed by atoms with Gasteiger partial charge >= 0.3 is 12.1 Å². The minimum atomic E-state index is -5.24. The molecule has 30 heavy (non-hydrogen) atoms. The zero-order valence-electron chi connectivity index (χ0n) is 16.0. The topological polar surface area (TPSA) is 93.9 Å². The molecule has 0 saturated heterocycles. The Labute approximate surface area is 169 Å². The van der Waals surface area contributed by atoms with Crippen LogP contribution in [0.1, 0.15) is 11.1 Å². The molecule has 2 aromatic rings. The lowest BCUT2D eigenvalue weighted by Gasteiger charge is -2.34. The van der Waals surface area contributed by atoms with Crippen molar-refractivity contribution in [2.24, 2.45) is 5.73 Å². The van der Waals surface area contributed by atoms with Crippen molar-refractivity contribution in [2.45, 2.75) is 19.5 Å². The average Bonchev–Trinajstić information content (AvgIpc) is 2.68. The van der Waals surface area contributed by atoms with Gasteiger partial charge in [-0.1, -0.05) is 24.3 Å². The average molecular weight is 421 g/mol. The van der Waals surface area contributed by atoms with Gasteiger partial charge in [-0.3, -0.25) is 4.79 Å². The highest BCUT2D eigenvalue weighted by Gasteiger charge is 2.44. The fraction of sp³-hybridized carbons (Fsp3) is 0.200. The van der Waals surface area contributed by atoms with Gasteiger partial charge in [0.1, 0.15) is 5.75 Å². The van der Waals surface area contributed by atoms with E-state index in [1.165, 1.54) is 7.11 Å². The number of para-hydroxylation sites is 1. The number of primary amides is 1. The van der Waals surface area contributed by atoms with E-state index in [1.807, 2.05) is 0 Å². The van der Waals surface area contributed by atoms with Crippen LogP contribution in [0, 0.1) is 6.92 Å². The highest BCUT2D eigenvalue weighted by atomic mass is 19.4. The minimum absolute atomic E-state index is 0.0404. The summed E-state index contributed by atoms with van der Waals surface area (Å²) in [5.74, 6) is -3.03. The zero-order valence-corrected chi connectivity index (χ0v) is 16.0. The Morgan fingerprint density at radius 2 is 1.87 bits per heavy atom. The number of anilines is 2. The normalized spacial score (nSPS) is 13.6. The first kappa shape index (κ1) is 21.0. The van der Waals surface area contributed by atoms with E-state index in [9.17, 15) is 22.8 Å². The number of fused-ring (bicyclic) bond motifs is 1. The Morgan fingerprint density at radius 3 is 2.50 bits per heavy atom. The second-order valence-electron chi connectivity index (χ2n) is 6.48. The zero-order chi connectivity index (χ0) is 22.1. The molecule has 0 unspecified atom stereocenters. The number of nitrogens with two attached hydrogens (primary N) is 1. The fourth-order valence-electron chi connectivity index (χ4n) is 3.06. The van der Waals surface area contributed by atoms with Crippen LogP contribution in [-0.4, -0.2) is 25.2 Å². The van der Waals surface area contributed by atoms with E-state index in [2.05, 4.69) is 5.32 Å². The number of alkyl halides is 3. The van der Waals surface area contributed by atoms with Crippen LogP contribution in [0.3, 0.4) is 0 Å². The van der Waals surface area contributed by atoms with Crippen LogP contribution in [0.2, 0.25) is 0 Å². The summed E-state index contributed by atoms with van der Waals surface area (Å²) in [6.07, 6.45) is -5.20. The second-order valence-corrected chi connectivity index (χ2v) is 6.48. The smallest absolute Gasteiger partial charge is 0.493 e. The lowest BCUT2D eigenvalue weighted by molar-refractivity contribution is -0.200. The number of nitrogens with one attached hydrogen (secondary N) is 1. The third-order valence-corrected chi connectivity index (χ3v) is 4.42. The number of hydrogen-bond donors (Lipinski definition) is 2. The van der Waals surface area contributed by atoms with Gasteiger partial charge < -0.3 is 20.6 Å². The van der Waals surface area contributed by atoms with E-state index in [4.69, 9.17) is 15.3 Å². The van der Waals surface area contributed by atoms with Crippen molar-refractivity contribution in [3.05, 3.63) is 65.0 Å². The van der Waals surface area contributed by atoms with Crippen molar-refractivity contribution >= 4 is 23.3 Å². The summed E-state index contributed by atoms with van der Waals surface area (Å²) in [6.45, 7) is 1.64. The summed E-state index contributed by atoms with van der Waals surface area (Å²) in [6, 6.07) is 11.4. The third kappa shape index (κ3) is 4.17. The molecule has 1 heterocycles. The molecule has 0 radical (unpaired) electrons. The molecule has 0 aliphatic carbocycles. The first-order valence-corrected chi connectivity index (χ1v) is 8.73. The van der Waals surface area contributed by atoms with Gasteiger partial charge in [-0.15, -0.1) is 0 Å². The lowest BCUT2D eigenvalue weighted by atomic mass is 9.96. The Balaban J connectivity index is 2.14. The van der Waals surface area contributed by atoms with Crippen LogP contribution < -0.4 is 20.9 Å². The van der Waals surface area contributed by atoms with Crippen molar-refractivity contribution < 1.29 is 32.3 Å². The van der Waals surface area contributed by atoms with Crippen molar-refractivity contribution in [1.82, 2.24) is 0 Å². The summed E-state index contributed by atoms with van der Waals surface area (Å²) in [7, 11) is 1.45. The summed E-state index contributed by atoms with van der Waals surface area (Å²) < 4.78 is 44.0. The molecule has 0 bridgehead atoms. The number of amides is 1. The Bertz CT molecular complexity index is 1030. The summed E-state index contributed by atoms with van der Waals surface area (Å²) in [5.41, 5.74) is 7.06. The summed E-state index contributed by atoms with van der Waals surface area (Å²) in [5, 5.41) is 3.51. The van der Waals surface area contributed by atoms with Gasteiger partial charge in [-0.25, -0.2) is 4.79 Å². The molecule has 0 spiro atoms. The Hall–Kier alpha value is -3.69. The quantitative estimate of drug-likeness (QED) is 0.770. The first-order chi connectivity index (χ1) is 14.1. The summed E-state index contributed by atoms with van der Waals surface area (Å²) >= 11 is 0. The number of benzene rings is 2. The number of hydrogen-bond acceptors (Lipinski definition) is 6. The molecule has 3 N–H and O–H groups in total. The highest BCUT2D eigenvalue weighted by Crippen LogP contribution is 2.37. The lowest BCUT2D eigenvalue weighted by Crippen LogP contribution is -2.41. The minimum Gasteiger partial charge on any atom is -0.497 e. The monoisotopic (exact) mass is 421 g/mol. The van der Waals surface area contributed by atoms with Gasteiger partial charge in [0.25, 0.3) is 0 Å². The van der Waals surface area contributed by atoms with Gasteiger partial charge in [0.05, 0.1) is 18.4 Å². The number of methoxy groups -OCH3 is 1. The number of ether oxygens (including phenoxy) is 1. The Morgan fingerprint density at radius 1 is 1.17 bits per heavy atom. The number of hydroxylamine groups is 1. The molecule has 1 aliphatic heterocycles. The van der Waals surface area contributed by atoms with Gasteiger partial charge in [-0.2, -0.15) is 18.2 Å². The standard InChI is InChI=1S/C20H18F3N3O4/c1-11-5-3-6-12-9-15(17(24)27)18(25-13-7-4-8-14(10-13)29-2)26(16(11)12)30-19(28)20(21,22)23/h3-8,10,25H,9H2,1-2H3,(H2,24,27). The molecular weight excluding hydrogens is 403 g/mol. The van der Waals surface area contributed by atoms with E-state index < -0.39 is 18.1 Å². The van der Waals surface area contributed by atoms with Gasteiger partial charge in [0.2, 0.25) is 5.91 Å². The molecule has 0 saturated carbocycles. The molecule has 10 heteroatoms. The predicted octanol–water partition coefficient (Wildman–Crippen LogP) is 3.20. The van der Waals surface area contributed by atoms with E-state index in [0.29, 0.717) is 27.6 Å². The van der Waals surface area contributed by atoms with Gasteiger partial charge in [-0.05, 0) is 30.2 Å². The molecular formula is C20H18F3N3O4. The molecule has 3 rings (SSSR count). The van der Waals surface area contributed by atoms with Crippen molar-refractivity contribution in [2.75, 3.05) is 17.5 Å². The highest BCUT2D eigenvalue weighted by molar-refractivity contribution is 5.96. The third-order valence-electron chi connectivity index (χ3n) is 4.42. The molecule has 0 aromatic heterocycles. The molecule has 7 nitrogen and oxygen atoms in total. The molecule has 0 fully saturated rings. The fourth-order valence-corrected chi connectivity index (χ4v) is 3.06. The van der Waals surface area contributed by atoms with Crippen LogP contribution >= 0.6 is 0 Å². The number of aryl methyl sites for hydroxylation is 1. The second kappa shape index (κ2) is 7.97. The van der Waals surface area contributed by atoms with Crippen molar-refractivity contribution in [3.8, 4) is 5.75 Å². The molecule has 1 aliphatic rings. The molecule has 1 amide bonds. The van der Waals surface area contributed by atoms with Gasteiger partial charge in [0.15, 0.2) is 5.82 Å². The predicted molar refractivity (Wildman–Crippen MR) is 102 cm³/mol. The van der Waals surface area contributed by atoms with Crippen molar-refractivity contribution in [1.29, 1.82) is 0 Å².